The molecule has 116 valence electrons. The zero-order valence-corrected chi connectivity index (χ0v) is 12.5. The molecule has 1 saturated heterocycles. The van der Waals surface area contributed by atoms with E-state index < -0.39 is 6.29 Å². The largest absolute Gasteiger partial charge is 0.364 e. The molecule has 4 nitrogen and oxygen atoms in total. The second-order valence-corrected chi connectivity index (χ2v) is 5.40. The van der Waals surface area contributed by atoms with Crippen LogP contribution in [0.2, 0.25) is 0 Å². The minimum absolute atomic E-state index is 0.140. The van der Waals surface area contributed by atoms with Gasteiger partial charge in [-0.05, 0) is 31.8 Å². The van der Waals surface area contributed by atoms with Crippen molar-refractivity contribution >= 4 is 0 Å². The molecule has 1 heterocycles. The lowest BCUT2D eigenvalue weighted by Crippen LogP contribution is -2.14. The van der Waals surface area contributed by atoms with E-state index in [1.807, 2.05) is 30.3 Å². The fourth-order valence-corrected chi connectivity index (χ4v) is 2.20. The van der Waals surface area contributed by atoms with Gasteiger partial charge in [0.15, 0.2) is 12.6 Å². The van der Waals surface area contributed by atoms with Gasteiger partial charge in [-0.1, -0.05) is 36.9 Å². The van der Waals surface area contributed by atoms with Crippen LogP contribution in [-0.2, 0) is 14.2 Å². The number of aliphatic hydroxyl groups excluding tert-OH is 1. The molecule has 0 spiro atoms. The highest BCUT2D eigenvalue weighted by molar-refractivity contribution is 5.16. The lowest BCUT2D eigenvalue weighted by molar-refractivity contribution is -0.0745. The van der Waals surface area contributed by atoms with E-state index in [1.54, 1.807) is 6.92 Å². The van der Waals surface area contributed by atoms with Crippen LogP contribution in [0.25, 0.3) is 0 Å². The molecular formula is C17H24O4. The van der Waals surface area contributed by atoms with E-state index in [1.165, 1.54) is 0 Å². The monoisotopic (exact) mass is 292 g/mol. The van der Waals surface area contributed by atoms with Crippen molar-refractivity contribution in [2.45, 2.75) is 44.9 Å². The minimum Gasteiger partial charge on any atom is -0.364 e. The lowest BCUT2D eigenvalue weighted by Gasteiger charge is -2.13. The molecule has 1 N–H and O–H groups in total. The third-order valence-electron chi connectivity index (χ3n) is 3.44. The highest BCUT2D eigenvalue weighted by Gasteiger charge is 2.26. The van der Waals surface area contributed by atoms with E-state index in [2.05, 4.69) is 6.58 Å². The van der Waals surface area contributed by atoms with Crippen LogP contribution in [0.15, 0.2) is 42.5 Å². The Morgan fingerprint density at radius 2 is 2.14 bits per heavy atom. The third-order valence-corrected chi connectivity index (χ3v) is 3.44. The maximum Gasteiger partial charge on any atom is 0.184 e. The first-order valence-electron chi connectivity index (χ1n) is 7.44. The molecule has 0 radical (unpaired) electrons. The number of benzene rings is 1. The second-order valence-electron chi connectivity index (χ2n) is 5.40. The average Bonchev–Trinajstić information content (AvgIpc) is 2.96. The molecule has 0 aliphatic carbocycles. The Labute approximate surface area is 126 Å². The summed E-state index contributed by atoms with van der Waals surface area (Å²) in [5, 5.41) is 9.43. The lowest BCUT2D eigenvalue weighted by atomic mass is 10.1. The van der Waals surface area contributed by atoms with Gasteiger partial charge < -0.3 is 19.3 Å². The van der Waals surface area contributed by atoms with Crippen molar-refractivity contribution < 1.29 is 19.3 Å². The molecule has 1 fully saturated rings. The summed E-state index contributed by atoms with van der Waals surface area (Å²) in [5.41, 5.74) is 1.70. The number of hydrogen-bond acceptors (Lipinski definition) is 4. The quantitative estimate of drug-likeness (QED) is 0.454. The van der Waals surface area contributed by atoms with E-state index in [4.69, 9.17) is 14.2 Å². The zero-order chi connectivity index (χ0) is 15.1. The zero-order valence-electron chi connectivity index (χ0n) is 12.5. The van der Waals surface area contributed by atoms with E-state index >= 15 is 0 Å². The van der Waals surface area contributed by atoms with Crippen LogP contribution < -0.4 is 0 Å². The maximum atomic E-state index is 9.43. The summed E-state index contributed by atoms with van der Waals surface area (Å²) in [4.78, 5) is 0. The molecule has 21 heavy (non-hydrogen) atoms. The Morgan fingerprint density at radius 3 is 2.86 bits per heavy atom. The summed E-state index contributed by atoms with van der Waals surface area (Å²) in [6.07, 6.45) is 1.87. The summed E-state index contributed by atoms with van der Waals surface area (Å²) < 4.78 is 16.8. The molecule has 3 atom stereocenters. The van der Waals surface area contributed by atoms with Gasteiger partial charge in [0.05, 0.1) is 19.3 Å². The molecule has 2 rings (SSSR count). The van der Waals surface area contributed by atoms with E-state index in [9.17, 15) is 5.11 Å². The van der Waals surface area contributed by atoms with Crippen LogP contribution in [0.3, 0.4) is 0 Å². The Morgan fingerprint density at radius 1 is 1.38 bits per heavy atom. The fourth-order valence-electron chi connectivity index (χ4n) is 2.20. The maximum absolute atomic E-state index is 9.43. The van der Waals surface area contributed by atoms with Gasteiger partial charge in [-0.2, -0.15) is 0 Å². The molecule has 1 aromatic carbocycles. The van der Waals surface area contributed by atoms with E-state index in [0.717, 1.165) is 24.8 Å². The third kappa shape index (κ3) is 5.25. The molecule has 1 aromatic rings. The molecular weight excluding hydrogens is 268 g/mol. The topological polar surface area (TPSA) is 47.9 Å². The normalized spacial score (nSPS) is 23.1. The molecule has 0 bridgehead atoms. The van der Waals surface area contributed by atoms with Gasteiger partial charge in [0.1, 0.15) is 0 Å². The predicted molar refractivity (Wildman–Crippen MR) is 80.6 cm³/mol. The predicted octanol–water partition coefficient (Wildman–Crippen LogP) is 3.18. The van der Waals surface area contributed by atoms with Gasteiger partial charge >= 0.3 is 0 Å². The highest BCUT2D eigenvalue weighted by atomic mass is 16.7. The number of unbranched alkanes of at least 4 members (excludes halogenated alkanes) is 1. The van der Waals surface area contributed by atoms with Gasteiger partial charge in [-0.15, -0.1) is 0 Å². The summed E-state index contributed by atoms with van der Waals surface area (Å²) in [6, 6.07) is 9.98. The van der Waals surface area contributed by atoms with Gasteiger partial charge in [0.25, 0.3) is 0 Å². The smallest absolute Gasteiger partial charge is 0.184 e. The SMILES string of the molecule is C=C(C)C(O)OCCCCC1COC(c2ccccc2)O1. The first-order chi connectivity index (χ1) is 10.2. The number of rotatable bonds is 8. The Hall–Kier alpha value is -1.20. The highest BCUT2D eigenvalue weighted by Crippen LogP contribution is 2.28. The Balaban J connectivity index is 1.60. The van der Waals surface area contributed by atoms with Crippen molar-refractivity contribution in [3.63, 3.8) is 0 Å². The summed E-state index contributed by atoms with van der Waals surface area (Å²) >= 11 is 0. The van der Waals surface area contributed by atoms with Crippen LogP contribution in [0.5, 0.6) is 0 Å². The van der Waals surface area contributed by atoms with Gasteiger partial charge in [0.2, 0.25) is 0 Å². The molecule has 0 saturated carbocycles. The van der Waals surface area contributed by atoms with Gasteiger partial charge in [-0.25, -0.2) is 0 Å². The first kappa shape index (κ1) is 16.2. The number of hydrogen-bond donors (Lipinski definition) is 1. The Kier molecular flexibility index (Phi) is 6.39. The number of aliphatic hydroxyl groups is 1. The summed E-state index contributed by atoms with van der Waals surface area (Å²) in [5.74, 6) is 0. The molecule has 1 aliphatic heterocycles. The van der Waals surface area contributed by atoms with Gasteiger partial charge in [-0.3, -0.25) is 0 Å². The van der Waals surface area contributed by atoms with Crippen molar-refractivity contribution in [1.29, 1.82) is 0 Å². The molecule has 3 unspecified atom stereocenters. The minimum atomic E-state index is -0.849. The fraction of sp³-hybridized carbons (Fsp3) is 0.529. The van der Waals surface area contributed by atoms with Crippen LogP contribution in [0.1, 0.15) is 38.0 Å². The van der Waals surface area contributed by atoms with Crippen LogP contribution in [0.4, 0.5) is 0 Å². The van der Waals surface area contributed by atoms with Crippen molar-refractivity contribution in [3.05, 3.63) is 48.0 Å². The molecule has 1 aliphatic rings. The van der Waals surface area contributed by atoms with Crippen molar-refractivity contribution in [3.8, 4) is 0 Å². The van der Waals surface area contributed by atoms with E-state index in [0.29, 0.717) is 18.8 Å². The van der Waals surface area contributed by atoms with Crippen molar-refractivity contribution in [2.24, 2.45) is 0 Å². The molecule has 0 amide bonds. The van der Waals surface area contributed by atoms with Crippen molar-refractivity contribution in [2.75, 3.05) is 13.2 Å². The average molecular weight is 292 g/mol. The summed E-state index contributed by atoms with van der Waals surface area (Å²) in [6.45, 7) is 6.56. The van der Waals surface area contributed by atoms with Crippen LogP contribution >= 0.6 is 0 Å². The molecule has 0 aromatic heterocycles. The van der Waals surface area contributed by atoms with Crippen LogP contribution in [0, 0.1) is 0 Å². The Bertz CT molecular complexity index is 432. The second kappa shape index (κ2) is 8.29. The van der Waals surface area contributed by atoms with Crippen molar-refractivity contribution in [1.82, 2.24) is 0 Å². The molecule has 4 heteroatoms. The van der Waals surface area contributed by atoms with Gasteiger partial charge in [0, 0.05) is 5.56 Å². The van der Waals surface area contributed by atoms with Crippen LogP contribution in [-0.4, -0.2) is 30.7 Å². The first-order valence-corrected chi connectivity index (χ1v) is 7.44. The standard InChI is InChI=1S/C17H24O4/c1-13(2)16(18)19-11-7-6-10-15-12-20-17(21-15)14-8-4-3-5-9-14/h3-5,8-9,15-18H,1,6-7,10-12H2,2H3. The number of ether oxygens (including phenoxy) is 3. The summed E-state index contributed by atoms with van der Waals surface area (Å²) in [7, 11) is 0. The van der Waals surface area contributed by atoms with E-state index in [-0.39, 0.29) is 12.4 Å².